The SMILES string of the molecule is COc1ccc([C@@H]2CC(c3ccc(NS(C)(=O)=O)cc3)=NN2S(=O)(=O)c2ccc(C)cc2)cc1. The van der Waals surface area contributed by atoms with Crippen LogP contribution in [0.1, 0.15) is 29.2 Å². The fourth-order valence-electron chi connectivity index (χ4n) is 3.72. The molecule has 0 saturated heterocycles. The van der Waals surface area contributed by atoms with Gasteiger partial charge in [-0.25, -0.2) is 8.42 Å². The molecule has 0 aromatic heterocycles. The molecule has 1 aliphatic rings. The standard InChI is InChI=1S/C24H25N3O5S2/c1-17-4-14-22(15-5-17)34(30,31)27-24(19-8-12-21(32-2)13-9-19)16-23(25-27)18-6-10-20(11-7-18)26-33(3,28)29/h4-15,24,26H,16H2,1-3H3/t24-/m0/s1. The zero-order valence-electron chi connectivity index (χ0n) is 19.0. The van der Waals surface area contributed by atoms with Gasteiger partial charge in [-0.15, -0.1) is 0 Å². The molecule has 0 spiro atoms. The highest BCUT2D eigenvalue weighted by Crippen LogP contribution is 2.37. The first-order chi connectivity index (χ1) is 16.1. The zero-order chi connectivity index (χ0) is 24.5. The summed E-state index contributed by atoms with van der Waals surface area (Å²) in [6.07, 6.45) is 1.44. The molecule has 1 N–H and O–H groups in total. The van der Waals surface area contributed by atoms with Crippen LogP contribution < -0.4 is 9.46 Å². The van der Waals surface area contributed by atoms with E-state index in [-0.39, 0.29) is 4.90 Å². The molecule has 0 unspecified atom stereocenters. The molecule has 1 heterocycles. The number of ether oxygens (including phenoxy) is 1. The van der Waals surface area contributed by atoms with E-state index in [1.807, 2.05) is 19.1 Å². The molecule has 10 heteroatoms. The summed E-state index contributed by atoms with van der Waals surface area (Å²) in [7, 11) is -5.75. The van der Waals surface area contributed by atoms with Gasteiger partial charge in [-0.2, -0.15) is 17.9 Å². The minimum atomic E-state index is -3.92. The van der Waals surface area contributed by atoms with Crippen molar-refractivity contribution in [1.82, 2.24) is 4.41 Å². The van der Waals surface area contributed by atoms with Crippen molar-refractivity contribution in [1.29, 1.82) is 0 Å². The average molecular weight is 500 g/mol. The predicted molar refractivity (Wildman–Crippen MR) is 132 cm³/mol. The van der Waals surface area contributed by atoms with E-state index in [4.69, 9.17) is 4.74 Å². The fourth-order valence-corrected chi connectivity index (χ4v) is 5.72. The molecular weight excluding hydrogens is 474 g/mol. The number of hydrogen-bond donors (Lipinski definition) is 1. The van der Waals surface area contributed by atoms with Crippen LogP contribution in [0, 0.1) is 6.92 Å². The maximum absolute atomic E-state index is 13.6. The maximum atomic E-state index is 13.6. The summed E-state index contributed by atoms with van der Waals surface area (Å²) in [6.45, 7) is 1.89. The number of hydrazone groups is 1. The number of hydrogen-bond acceptors (Lipinski definition) is 6. The van der Waals surface area contributed by atoms with Gasteiger partial charge in [0, 0.05) is 12.1 Å². The lowest BCUT2D eigenvalue weighted by molar-refractivity contribution is 0.370. The van der Waals surface area contributed by atoms with E-state index in [2.05, 4.69) is 9.82 Å². The normalized spacial score (nSPS) is 16.3. The second-order valence-corrected chi connectivity index (χ2v) is 11.6. The molecule has 0 amide bonds. The van der Waals surface area contributed by atoms with Crippen molar-refractivity contribution in [3.63, 3.8) is 0 Å². The molecule has 178 valence electrons. The second kappa shape index (κ2) is 9.11. The van der Waals surface area contributed by atoms with E-state index in [9.17, 15) is 16.8 Å². The summed E-state index contributed by atoms with van der Waals surface area (Å²) in [6, 6.07) is 20.1. The van der Waals surface area contributed by atoms with Crippen molar-refractivity contribution in [2.45, 2.75) is 24.3 Å². The lowest BCUT2D eigenvalue weighted by Gasteiger charge is -2.23. The summed E-state index contributed by atoms with van der Waals surface area (Å²) in [5.41, 5.74) is 3.45. The predicted octanol–water partition coefficient (Wildman–Crippen LogP) is 3.92. The Kier molecular flexibility index (Phi) is 6.37. The Hall–Kier alpha value is -3.37. The molecule has 34 heavy (non-hydrogen) atoms. The molecule has 1 aliphatic heterocycles. The van der Waals surface area contributed by atoms with E-state index in [1.54, 1.807) is 67.8 Å². The average Bonchev–Trinajstić information content (AvgIpc) is 3.25. The largest absolute Gasteiger partial charge is 0.497 e. The minimum absolute atomic E-state index is 0.161. The number of nitrogens with zero attached hydrogens (tertiary/aromatic N) is 2. The van der Waals surface area contributed by atoms with Gasteiger partial charge in [0.1, 0.15) is 5.75 Å². The molecule has 0 aliphatic carbocycles. The Labute approximate surface area is 200 Å². The van der Waals surface area contributed by atoms with Gasteiger partial charge in [-0.05, 0) is 54.4 Å². The first-order valence-corrected chi connectivity index (χ1v) is 13.8. The minimum Gasteiger partial charge on any atom is -0.497 e. The molecule has 1 atom stereocenters. The van der Waals surface area contributed by atoms with Gasteiger partial charge in [0.2, 0.25) is 10.0 Å². The summed E-state index contributed by atoms with van der Waals surface area (Å²) >= 11 is 0. The Bertz CT molecular complexity index is 1420. The number of nitrogens with one attached hydrogen (secondary N) is 1. The van der Waals surface area contributed by atoms with Crippen LogP contribution in [0.25, 0.3) is 0 Å². The molecule has 0 bridgehead atoms. The molecule has 0 saturated carbocycles. The topological polar surface area (TPSA) is 105 Å². The van der Waals surface area contributed by atoms with Gasteiger partial charge in [-0.1, -0.05) is 42.0 Å². The van der Waals surface area contributed by atoms with E-state index in [0.717, 1.165) is 21.8 Å². The van der Waals surface area contributed by atoms with Crippen molar-refractivity contribution >= 4 is 31.4 Å². The van der Waals surface area contributed by atoms with Crippen LogP contribution in [0.4, 0.5) is 5.69 Å². The molecule has 3 aromatic carbocycles. The maximum Gasteiger partial charge on any atom is 0.279 e. The summed E-state index contributed by atoms with van der Waals surface area (Å²) < 4.78 is 58.9. The molecule has 8 nitrogen and oxygen atoms in total. The summed E-state index contributed by atoms with van der Waals surface area (Å²) in [5.74, 6) is 0.671. The van der Waals surface area contributed by atoms with E-state index >= 15 is 0 Å². The first-order valence-electron chi connectivity index (χ1n) is 10.5. The Morgan fingerprint density at radius 3 is 2.09 bits per heavy atom. The van der Waals surface area contributed by atoms with Gasteiger partial charge in [0.15, 0.2) is 0 Å². The third-order valence-corrected chi connectivity index (χ3v) is 7.76. The smallest absolute Gasteiger partial charge is 0.279 e. The molecule has 3 aromatic rings. The number of anilines is 1. The second-order valence-electron chi connectivity index (χ2n) is 8.08. The van der Waals surface area contributed by atoms with Gasteiger partial charge < -0.3 is 4.74 Å². The van der Waals surface area contributed by atoms with Gasteiger partial charge >= 0.3 is 0 Å². The van der Waals surface area contributed by atoms with Crippen LogP contribution in [-0.4, -0.2) is 40.3 Å². The van der Waals surface area contributed by atoms with Gasteiger partial charge in [0.25, 0.3) is 10.0 Å². The Morgan fingerprint density at radius 1 is 0.912 bits per heavy atom. The van der Waals surface area contributed by atoms with Crippen molar-refractivity contribution in [3.05, 3.63) is 89.5 Å². The highest BCUT2D eigenvalue weighted by atomic mass is 32.2. The van der Waals surface area contributed by atoms with Crippen LogP contribution in [-0.2, 0) is 20.0 Å². The van der Waals surface area contributed by atoms with Crippen LogP contribution in [0.5, 0.6) is 5.75 Å². The van der Waals surface area contributed by atoms with Crippen LogP contribution in [0.3, 0.4) is 0 Å². The summed E-state index contributed by atoms with van der Waals surface area (Å²) in [4.78, 5) is 0.161. The number of rotatable bonds is 7. The van der Waals surface area contributed by atoms with E-state index in [1.165, 1.54) is 0 Å². The molecular formula is C24H25N3O5S2. The molecule has 0 fully saturated rings. The van der Waals surface area contributed by atoms with Crippen molar-refractivity contribution in [2.75, 3.05) is 18.1 Å². The van der Waals surface area contributed by atoms with Crippen molar-refractivity contribution < 1.29 is 21.6 Å². The van der Waals surface area contributed by atoms with Crippen molar-refractivity contribution in [3.8, 4) is 5.75 Å². The summed E-state index contributed by atoms with van der Waals surface area (Å²) in [5, 5.41) is 4.53. The highest BCUT2D eigenvalue weighted by molar-refractivity contribution is 7.92. The van der Waals surface area contributed by atoms with E-state index < -0.39 is 26.1 Å². The first kappa shape index (κ1) is 23.8. The number of methoxy groups -OCH3 is 1. The molecule has 0 radical (unpaired) electrons. The number of sulfonamides is 2. The zero-order valence-corrected chi connectivity index (χ0v) is 20.6. The number of aryl methyl sites for hydroxylation is 1. The highest BCUT2D eigenvalue weighted by Gasteiger charge is 2.37. The Morgan fingerprint density at radius 2 is 1.53 bits per heavy atom. The van der Waals surface area contributed by atoms with Gasteiger partial charge in [0.05, 0.1) is 30.0 Å². The van der Waals surface area contributed by atoms with Crippen LogP contribution >= 0.6 is 0 Å². The van der Waals surface area contributed by atoms with Crippen LogP contribution in [0.15, 0.2) is 82.8 Å². The third-order valence-electron chi connectivity index (χ3n) is 5.46. The van der Waals surface area contributed by atoms with Crippen LogP contribution in [0.2, 0.25) is 0 Å². The van der Waals surface area contributed by atoms with Crippen molar-refractivity contribution in [2.24, 2.45) is 5.10 Å². The van der Waals surface area contributed by atoms with E-state index in [0.29, 0.717) is 29.1 Å². The monoisotopic (exact) mass is 499 g/mol. The lowest BCUT2D eigenvalue weighted by Crippen LogP contribution is -2.27. The van der Waals surface area contributed by atoms with Gasteiger partial charge in [-0.3, -0.25) is 4.72 Å². The lowest BCUT2D eigenvalue weighted by atomic mass is 9.99. The number of benzene rings is 3. The third kappa shape index (κ3) is 5.07. The molecule has 4 rings (SSSR count). The Balaban J connectivity index is 1.73. The quantitative estimate of drug-likeness (QED) is 0.531. The fraction of sp³-hybridized carbons (Fsp3) is 0.208.